The van der Waals surface area contributed by atoms with E-state index in [4.69, 9.17) is 0 Å². The summed E-state index contributed by atoms with van der Waals surface area (Å²) in [6.07, 6.45) is 0.461. The molecule has 0 heterocycles. The minimum atomic E-state index is -2.92. The van der Waals surface area contributed by atoms with Crippen LogP contribution in [0.4, 0.5) is 19.3 Å². The quantitative estimate of drug-likeness (QED) is 0.630. The maximum atomic E-state index is 13.1. The van der Waals surface area contributed by atoms with Gasteiger partial charge in [-0.25, -0.2) is 13.6 Å². The molecule has 0 aliphatic carbocycles. The third kappa shape index (κ3) is 4.84. The van der Waals surface area contributed by atoms with Gasteiger partial charge in [0.1, 0.15) is 0 Å². The number of rotatable bonds is 5. The Balaban J connectivity index is 1.81. The number of anilines is 1. The molecule has 24 heavy (non-hydrogen) atoms. The maximum absolute atomic E-state index is 13.1. The van der Waals surface area contributed by atoms with Gasteiger partial charge in [-0.05, 0) is 36.2 Å². The normalized spacial score (nSPS) is 11.1. The largest absolute Gasteiger partial charge is 0.504 e. The van der Waals surface area contributed by atoms with Gasteiger partial charge in [0, 0.05) is 24.7 Å². The van der Waals surface area contributed by atoms with E-state index >= 15 is 0 Å². The lowest BCUT2D eigenvalue weighted by molar-refractivity contribution is 0.0175. The summed E-state index contributed by atoms with van der Waals surface area (Å²) in [6, 6.07) is 9.29. The average molecular weight is 336 g/mol. The van der Waals surface area contributed by atoms with Gasteiger partial charge in [0.2, 0.25) is 0 Å². The number of carbonyl (C=O) groups excluding carboxylic acids is 1. The van der Waals surface area contributed by atoms with Crippen molar-refractivity contribution in [3.05, 3.63) is 53.6 Å². The zero-order valence-corrected chi connectivity index (χ0v) is 13.0. The Labute approximate surface area is 137 Å². The van der Waals surface area contributed by atoms with E-state index in [0.29, 0.717) is 18.7 Å². The molecule has 2 aromatic carbocycles. The van der Waals surface area contributed by atoms with E-state index in [1.165, 1.54) is 36.4 Å². The van der Waals surface area contributed by atoms with Crippen molar-refractivity contribution in [2.24, 2.45) is 0 Å². The number of hydrogen-bond donors (Lipinski definition) is 4. The van der Waals surface area contributed by atoms with E-state index in [-0.39, 0.29) is 17.1 Å². The molecule has 2 aromatic rings. The van der Waals surface area contributed by atoms with Gasteiger partial charge < -0.3 is 20.8 Å². The van der Waals surface area contributed by atoms with Gasteiger partial charge in [0.15, 0.2) is 11.5 Å². The summed E-state index contributed by atoms with van der Waals surface area (Å²) in [5.41, 5.74) is 1.03. The lowest BCUT2D eigenvalue weighted by atomic mass is 10.1. The summed E-state index contributed by atoms with van der Waals surface area (Å²) in [5.74, 6) is -3.34. The van der Waals surface area contributed by atoms with Crippen molar-refractivity contribution in [2.75, 3.05) is 11.9 Å². The molecule has 2 rings (SSSR count). The number of alkyl halides is 2. The van der Waals surface area contributed by atoms with E-state index in [1.807, 2.05) is 0 Å². The molecular formula is C17H18F2N2O3. The number of aromatic hydroxyl groups is 2. The lowest BCUT2D eigenvalue weighted by Gasteiger charge is -2.12. The Hall–Kier alpha value is -2.83. The van der Waals surface area contributed by atoms with Crippen LogP contribution < -0.4 is 10.6 Å². The highest BCUT2D eigenvalue weighted by Crippen LogP contribution is 2.27. The smallest absolute Gasteiger partial charge is 0.319 e. The molecule has 0 saturated heterocycles. The van der Waals surface area contributed by atoms with Gasteiger partial charge >= 0.3 is 6.03 Å². The first-order valence-corrected chi connectivity index (χ1v) is 7.30. The highest BCUT2D eigenvalue weighted by Gasteiger charge is 2.23. The van der Waals surface area contributed by atoms with E-state index in [9.17, 15) is 23.8 Å². The molecule has 0 aromatic heterocycles. The van der Waals surface area contributed by atoms with Crippen LogP contribution in [-0.2, 0) is 12.3 Å². The number of nitrogens with one attached hydrogen (secondary N) is 2. The second kappa shape index (κ2) is 7.16. The highest BCUT2D eigenvalue weighted by atomic mass is 19.3. The summed E-state index contributed by atoms with van der Waals surface area (Å²) in [4.78, 5) is 11.7. The standard InChI is InChI=1S/C17H18F2N2O3/c1-17(18,19)12-3-5-13(6-4-12)21-16(24)20-9-8-11-2-7-14(22)15(23)10-11/h2-7,10,22-23H,8-9H2,1H3,(H2,20,21,24). The molecule has 0 fully saturated rings. The second-order valence-electron chi connectivity index (χ2n) is 5.42. The lowest BCUT2D eigenvalue weighted by Crippen LogP contribution is -2.30. The molecule has 0 unspecified atom stereocenters. The molecular weight excluding hydrogens is 318 g/mol. The molecule has 2 amide bonds. The summed E-state index contributed by atoms with van der Waals surface area (Å²) in [5, 5.41) is 23.8. The van der Waals surface area contributed by atoms with Gasteiger partial charge in [0.25, 0.3) is 5.92 Å². The van der Waals surface area contributed by atoms with E-state index < -0.39 is 12.0 Å². The monoisotopic (exact) mass is 336 g/mol. The summed E-state index contributed by atoms with van der Waals surface area (Å²) in [7, 11) is 0. The third-order valence-electron chi connectivity index (χ3n) is 3.39. The number of amides is 2. The number of hydrogen-bond acceptors (Lipinski definition) is 3. The molecule has 0 aliphatic rings. The Bertz CT molecular complexity index is 713. The fraction of sp³-hybridized carbons (Fsp3) is 0.235. The molecule has 0 bridgehead atoms. The third-order valence-corrected chi connectivity index (χ3v) is 3.39. The summed E-state index contributed by atoms with van der Waals surface area (Å²) >= 11 is 0. The van der Waals surface area contributed by atoms with Gasteiger partial charge in [-0.15, -0.1) is 0 Å². The van der Waals surface area contributed by atoms with Crippen molar-refractivity contribution in [3.8, 4) is 11.5 Å². The fourth-order valence-electron chi connectivity index (χ4n) is 2.07. The van der Waals surface area contributed by atoms with Crippen LogP contribution in [0.15, 0.2) is 42.5 Å². The number of carbonyl (C=O) groups is 1. The topological polar surface area (TPSA) is 81.6 Å². The molecule has 4 N–H and O–H groups in total. The number of phenols is 2. The van der Waals surface area contributed by atoms with Crippen LogP contribution in [0.5, 0.6) is 11.5 Å². The SMILES string of the molecule is CC(F)(F)c1ccc(NC(=O)NCCc2ccc(O)c(O)c2)cc1. The highest BCUT2D eigenvalue weighted by molar-refractivity contribution is 5.89. The first-order valence-electron chi connectivity index (χ1n) is 7.30. The molecule has 7 heteroatoms. The van der Waals surface area contributed by atoms with Gasteiger partial charge in [-0.1, -0.05) is 18.2 Å². The van der Waals surface area contributed by atoms with Crippen LogP contribution >= 0.6 is 0 Å². The molecule has 0 atom stereocenters. The fourth-order valence-corrected chi connectivity index (χ4v) is 2.07. The van der Waals surface area contributed by atoms with Gasteiger partial charge in [0.05, 0.1) is 0 Å². The van der Waals surface area contributed by atoms with Crippen LogP contribution in [0.1, 0.15) is 18.1 Å². The van der Waals surface area contributed by atoms with Crippen LogP contribution in [0.3, 0.4) is 0 Å². The Kier molecular flexibility index (Phi) is 5.23. The number of phenolic OH excluding ortho intramolecular Hbond substituents is 2. The summed E-state index contributed by atoms with van der Waals surface area (Å²) < 4.78 is 26.2. The maximum Gasteiger partial charge on any atom is 0.319 e. The first-order chi connectivity index (χ1) is 11.3. The van der Waals surface area contributed by atoms with Crippen LogP contribution in [-0.4, -0.2) is 22.8 Å². The molecule has 5 nitrogen and oxygen atoms in total. The first kappa shape index (κ1) is 17.5. The van der Waals surface area contributed by atoms with Crippen LogP contribution in [0.2, 0.25) is 0 Å². The molecule has 128 valence electrons. The molecule has 0 aliphatic heterocycles. The van der Waals surface area contributed by atoms with Crippen molar-refractivity contribution in [3.63, 3.8) is 0 Å². The van der Waals surface area contributed by atoms with Crippen molar-refractivity contribution in [1.82, 2.24) is 5.32 Å². The van der Waals surface area contributed by atoms with Crippen molar-refractivity contribution in [1.29, 1.82) is 0 Å². The number of halogens is 2. The van der Waals surface area contributed by atoms with E-state index in [0.717, 1.165) is 12.5 Å². The van der Waals surface area contributed by atoms with Crippen molar-refractivity contribution >= 4 is 11.7 Å². The van der Waals surface area contributed by atoms with Crippen molar-refractivity contribution < 1.29 is 23.8 Å². The van der Waals surface area contributed by atoms with Gasteiger partial charge in [-0.3, -0.25) is 0 Å². The van der Waals surface area contributed by atoms with Crippen LogP contribution in [0, 0.1) is 0 Å². The van der Waals surface area contributed by atoms with E-state index in [1.54, 1.807) is 6.07 Å². The Morgan fingerprint density at radius 2 is 1.75 bits per heavy atom. The minimum Gasteiger partial charge on any atom is -0.504 e. The Morgan fingerprint density at radius 3 is 2.33 bits per heavy atom. The second-order valence-corrected chi connectivity index (χ2v) is 5.42. The average Bonchev–Trinajstić information content (AvgIpc) is 2.50. The van der Waals surface area contributed by atoms with Gasteiger partial charge in [-0.2, -0.15) is 0 Å². The zero-order chi connectivity index (χ0) is 17.7. The number of benzene rings is 2. The molecule has 0 spiro atoms. The van der Waals surface area contributed by atoms with Crippen LogP contribution in [0.25, 0.3) is 0 Å². The zero-order valence-electron chi connectivity index (χ0n) is 13.0. The molecule has 0 radical (unpaired) electrons. The Morgan fingerprint density at radius 1 is 1.08 bits per heavy atom. The predicted octanol–water partition coefficient (Wildman–Crippen LogP) is 3.57. The predicted molar refractivity (Wildman–Crippen MR) is 86.5 cm³/mol. The minimum absolute atomic E-state index is 0.124. The summed E-state index contributed by atoms with van der Waals surface area (Å²) in [6.45, 7) is 1.12. The van der Waals surface area contributed by atoms with E-state index in [2.05, 4.69) is 10.6 Å². The molecule has 0 saturated carbocycles. The number of urea groups is 1. The van der Waals surface area contributed by atoms with Crippen molar-refractivity contribution in [2.45, 2.75) is 19.3 Å².